The lowest BCUT2D eigenvalue weighted by atomic mass is 10.0. The Morgan fingerprint density at radius 2 is 2.10 bits per heavy atom. The number of anilines is 1. The Kier molecular flexibility index (Phi) is 5.92. The van der Waals surface area contributed by atoms with Gasteiger partial charge in [-0.3, -0.25) is 9.59 Å². The van der Waals surface area contributed by atoms with Crippen LogP contribution in [0, 0.1) is 18.7 Å². The van der Waals surface area contributed by atoms with Crippen molar-refractivity contribution in [2.75, 3.05) is 31.1 Å². The molecule has 0 unspecified atom stereocenters. The molecule has 4 rings (SSSR count). The Morgan fingerprint density at radius 1 is 1.35 bits per heavy atom. The number of fused-ring (bicyclic) bond motifs is 1. The van der Waals surface area contributed by atoms with Gasteiger partial charge in [0.05, 0.1) is 17.7 Å². The zero-order chi connectivity index (χ0) is 22.3. The van der Waals surface area contributed by atoms with Crippen LogP contribution < -0.4 is 26.2 Å². The highest BCUT2D eigenvalue weighted by Crippen LogP contribution is 2.42. The molecule has 1 saturated carbocycles. The topological polar surface area (TPSA) is 89.6 Å². The quantitative estimate of drug-likeness (QED) is 0.659. The minimum atomic E-state index is -0.317. The summed E-state index contributed by atoms with van der Waals surface area (Å²) in [7, 11) is 0. The maximum Gasteiger partial charge on any atom is 0.255 e. The van der Waals surface area contributed by atoms with Gasteiger partial charge in [-0.25, -0.2) is 4.39 Å². The molecule has 1 saturated heterocycles. The van der Waals surface area contributed by atoms with E-state index in [0.29, 0.717) is 35.8 Å². The maximum absolute atomic E-state index is 15.4. The second kappa shape index (κ2) is 8.49. The summed E-state index contributed by atoms with van der Waals surface area (Å²) >= 11 is 0. The SMILES string of the molecule is CC(=O)NCCOc1cc(=O)n(C2CC2)c2c(C)c(N3CC[C@@H]([C@H](C)N)C3)c(F)cc12. The van der Waals surface area contributed by atoms with E-state index in [-0.39, 0.29) is 36.0 Å². The first kappa shape index (κ1) is 21.6. The number of carbonyl (C=O) groups excluding carboxylic acids is 1. The van der Waals surface area contributed by atoms with Gasteiger partial charge in [0.2, 0.25) is 5.91 Å². The average molecular weight is 431 g/mol. The van der Waals surface area contributed by atoms with Crippen molar-refractivity contribution in [2.45, 2.75) is 52.1 Å². The van der Waals surface area contributed by atoms with Crippen LogP contribution in [0.4, 0.5) is 10.1 Å². The van der Waals surface area contributed by atoms with Gasteiger partial charge in [-0.15, -0.1) is 0 Å². The van der Waals surface area contributed by atoms with Gasteiger partial charge in [-0.1, -0.05) is 0 Å². The van der Waals surface area contributed by atoms with E-state index in [1.54, 1.807) is 4.57 Å². The van der Waals surface area contributed by atoms with E-state index < -0.39 is 0 Å². The van der Waals surface area contributed by atoms with Crippen LogP contribution in [0.1, 0.15) is 44.7 Å². The molecule has 2 aliphatic rings. The molecule has 1 amide bonds. The summed E-state index contributed by atoms with van der Waals surface area (Å²) in [5.74, 6) is 0.206. The van der Waals surface area contributed by atoms with E-state index in [4.69, 9.17) is 10.5 Å². The van der Waals surface area contributed by atoms with Gasteiger partial charge in [0.25, 0.3) is 5.56 Å². The number of hydrogen-bond donors (Lipinski definition) is 2. The van der Waals surface area contributed by atoms with Gasteiger partial charge >= 0.3 is 0 Å². The Balaban J connectivity index is 1.78. The standard InChI is InChI=1S/C23H31FN4O3/c1-13-22-18(10-19(24)23(13)27-8-6-16(12-27)14(2)25)20(31-9-7-26-15(3)29)11-21(30)28(22)17-4-5-17/h10-11,14,16-17H,4-9,12,25H2,1-3H3,(H,26,29)/t14-,16+/m0/s1. The molecule has 0 bridgehead atoms. The lowest BCUT2D eigenvalue weighted by Crippen LogP contribution is -2.30. The minimum Gasteiger partial charge on any atom is -0.491 e. The number of nitrogens with one attached hydrogen (secondary N) is 1. The molecule has 168 valence electrons. The van der Waals surface area contributed by atoms with Gasteiger partial charge < -0.3 is 25.3 Å². The van der Waals surface area contributed by atoms with Crippen LogP contribution in [0.5, 0.6) is 5.75 Å². The predicted molar refractivity (Wildman–Crippen MR) is 119 cm³/mol. The number of aryl methyl sites for hydroxylation is 1. The van der Waals surface area contributed by atoms with Crippen molar-refractivity contribution in [1.82, 2.24) is 9.88 Å². The van der Waals surface area contributed by atoms with Gasteiger partial charge in [0, 0.05) is 43.5 Å². The molecule has 2 heterocycles. The molecule has 2 fully saturated rings. The van der Waals surface area contributed by atoms with Crippen LogP contribution in [-0.4, -0.2) is 42.8 Å². The Morgan fingerprint density at radius 3 is 2.71 bits per heavy atom. The van der Waals surface area contributed by atoms with E-state index >= 15 is 4.39 Å². The fraction of sp³-hybridized carbons (Fsp3) is 0.565. The maximum atomic E-state index is 15.4. The molecule has 1 aliphatic heterocycles. The van der Waals surface area contributed by atoms with Crippen LogP contribution in [0.3, 0.4) is 0 Å². The fourth-order valence-corrected chi connectivity index (χ4v) is 4.64. The number of hydrogen-bond acceptors (Lipinski definition) is 5. The highest BCUT2D eigenvalue weighted by Gasteiger charge is 2.32. The molecule has 1 aromatic heterocycles. The molecule has 2 atom stereocenters. The number of nitrogens with two attached hydrogens (primary N) is 1. The summed E-state index contributed by atoms with van der Waals surface area (Å²) in [4.78, 5) is 26.1. The van der Waals surface area contributed by atoms with Gasteiger partial charge in [0.1, 0.15) is 18.2 Å². The highest BCUT2D eigenvalue weighted by atomic mass is 19.1. The molecule has 0 radical (unpaired) electrons. The summed E-state index contributed by atoms with van der Waals surface area (Å²) in [5, 5.41) is 3.26. The van der Waals surface area contributed by atoms with Crippen molar-refractivity contribution >= 4 is 22.5 Å². The summed E-state index contributed by atoms with van der Waals surface area (Å²) in [6, 6.07) is 3.13. The molecular weight excluding hydrogens is 399 g/mol. The van der Waals surface area contributed by atoms with Crippen LogP contribution in [0.2, 0.25) is 0 Å². The molecule has 7 nitrogen and oxygen atoms in total. The number of aromatic nitrogens is 1. The molecule has 8 heteroatoms. The average Bonchev–Trinajstić information content (AvgIpc) is 3.41. The minimum absolute atomic E-state index is 0.0575. The second-order valence-corrected chi connectivity index (χ2v) is 8.86. The molecule has 0 spiro atoms. The molecule has 2 aromatic rings. The van der Waals surface area contributed by atoms with Gasteiger partial charge in [-0.2, -0.15) is 0 Å². The summed E-state index contributed by atoms with van der Waals surface area (Å²) in [6.07, 6.45) is 2.82. The van der Waals surface area contributed by atoms with Crippen LogP contribution in [0.25, 0.3) is 10.9 Å². The van der Waals surface area contributed by atoms with Crippen molar-refractivity contribution in [3.63, 3.8) is 0 Å². The number of benzene rings is 1. The molecular formula is C23H31FN4O3. The first-order valence-electron chi connectivity index (χ1n) is 11.0. The lowest BCUT2D eigenvalue weighted by Gasteiger charge is -2.25. The van der Waals surface area contributed by atoms with Crippen molar-refractivity contribution in [2.24, 2.45) is 11.7 Å². The molecule has 31 heavy (non-hydrogen) atoms. The summed E-state index contributed by atoms with van der Waals surface area (Å²) in [5.41, 5.74) is 8.00. The molecule has 3 N–H and O–H groups in total. The van der Waals surface area contributed by atoms with Gasteiger partial charge in [0.15, 0.2) is 0 Å². The third kappa shape index (κ3) is 4.26. The Hall–Kier alpha value is -2.61. The highest BCUT2D eigenvalue weighted by molar-refractivity contribution is 5.92. The number of rotatable bonds is 7. The monoisotopic (exact) mass is 430 g/mol. The predicted octanol–water partition coefficient (Wildman–Crippen LogP) is 2.47. The van der Waals surface area contributed by atoms with Gasteiger partial charge in [-0.05, 0) is 50.7 Å². The van der Waals surface area contributed by atoms with Crippen LogP contribution >= 0.6 is 0 Å². The van der Waals surface area contributed by atoms with Crippen molar-refractivity contribution in [3.05, 3.63) is 33.9 Å². The number of carbonyl (C=O) groups is 1. The molecule has 1 aliphatic carbocycles. The number of pyridine rings is 1. The van der Waals surface area contributed by atoms with E-state index in [2.05, 4.69) is 10.2 Å². The van der Waals surface area contributed by atoms with Crippen LogP contribution in [-0.2, 0) is 4.79 Å². The summed E-state index contributed by atoms with van der Waals surface area (Å²) in [6.45, 7) is 7.28. The normalized spacial score (nSPS) is 19.6. The third-order valence-electron chi connectivity index (χ3n) is 6.39. The number of halogens is 1. The van der Waals surface area contributed by atoms with Crippen molar-refractivity contribution in [1.29, 1.82) is 0 Å². The Labute approximate surface area is 181 Å². The summed E-state index contributed by atoms with van der Waals surface area (Å²) < 4.78 is 23.0. The smallest absolute Gasteiger partial charge is 0.255 e. The largest absolute Gasteiger partial charge is 0.491 e. The van der Waals surface area contributed by atoms with E-state index in [9.17, 15) is 9.59 Å². The lowest BCUT2D eigenvalue weighted by molar-refractivity contribution is -0.119. The van der Waals surface area contributed by atoms with Crippen molar-refractivity contribution in [3.8, 4) is 5.75 Å². The zero-order valence-corrected chi connectivity index (χ0v) is 18.4. The second-order valence-electron chi connectivity index (χ2n) is 8.86. The molecule has 1 aromatic carbocycles. The first-order valence-corrected chi connectivity index (χ1v) is 11.0. The van der Waals surface area contributed by atoms with Crippen molar-refractivity contribution < 1.29 is 13.9 Å². The number of ether oxygens (including phenoxy) is 1. The number of nitrogens with zero attached hydrogens (tertiary/aromatic N) is 2. The first-order chi connectivity index (χ1) is 14.8. The van der Waals surface area contributed by atoms with E-state index in [1.807, 2.05) is 13.8 Å². The fourth-order valence-electron chi connectivity index (χ4n) is 4.64. The van der Waals surface area contributed by atoms with E-state index in [1.165, 1.54) is 19.1 Å². The number of amides is 1. The third-order valence-corrected chi connectivity index (χ3v) is 6.39. The van der Waals surface area contributed by atoms with Crippen LogP contribution in [0.15, 0.2) is 16.9 Å². The Bertz CT molecular complexity index is 1060. The van der Waals surface area contributed by atoms with E-state index in [0.717, 1.165) is 36.9 Å². The zero-order valence-electron chi connectivity index (χ0n) is 18.4.